The zero-order chi connectivity index (χ0) is 74.8. The van der Waals surface area contributed by atoms with Gasteiger partial charge in [-0.3, -0.25) is 30.0 Å². The van der Waals surface area contributed by atoms with Crippen molar-refractivity contribution in [2.24, 2.45) is 30.0 Å². The zero-order valence-electron chi connectivity index (χ0n) is 57.2. The molecule has 0 fully saturated rings. The summed E-state index contributed by atoms with van der Waals surface area (Å²) in [6, 6.07) is 30.6. The molecule has 0 unspecified atom stereocenters. The van der Waals surface area contributed by atoms with E-state index in [1.165, 1.54) is 79.9 Å². The van der Waals surface area contributed by atoms with Gasteiger partial charge in [0.05, 0.1) is 42.7 Å². The van der Waals surface area contributed by atoms with Gasteiger partial charge in [0.1, 0.15) is 34.5 Å². The molecule has 101 heavy (non-hydrogen) atoms. The van der Waals surface area contributed by atoms with Gasteiger partial charge in [0, 0.05) is 79.6 Å². The minimum atomic E-state index is -4.94. The molecule has 6 aromatic rings. The predicted molar refractivity (Wildman–Crippen MR) is 311 cm³/mol. The minimum Gasteiger partial charge on any atom is -0.870 e. The molecule has 0 bridgehead atoms. The van der Waals surface area contributed by atoms with E-state index in [4.69, 9.17) is 96.3 Å². The van der Waals surface area contributed by atoms with Gasteiger partial charge in [-0.1, -0.05) is 107 Å². The Morgan fingerprint density at radius 3 is 0.386 bits per heavy atom. The third kappa shape index (κ3) is 68.7. The molecule has 0 aliphatic rings. The van der Waals surface area contributed by atoms with E-state index in [2.05, 4.69) is 30.0 Å². The second-order valence-corrected chi connectivity index (χ2v) is 15.9. The van der Waals surface area contributed by atoms with Crippen molar-refractivity contribution in [3.05, 3.63) is 143 Å². The van der Waals surface area contributed by atoms with Crippen molar-refractivity contribution in [3.8, 4) is 69.0 Å². The molecule has 0 spiro atoms. The number of hydrogen-bond acceptors (Lipinski definition) is 32. The minimum absolute atomic E-state index is 0. The molecule has 32 nitrogen and oxygen atoms in total. The fraction of sp³-hybridized carbons (Fsp3) is 0.300. The van der Waals surface area contributed by atoms with Crippen molar-refractivity contribution >= 4 is 37.3 Å². The van der Waals surface area contributed by atoms with Crippen LogP contribution in [0.2, 0.25) is 0 Å². The van der Waals surface area contributed by atoms with Crippen LogP contribution < -0.4 is 127 Å². The van der Waals surface area contributed by atoms with Crippen LogP contribution in [0, 0.1) is 20.5 Å². The zero-order valence-corrected chi connectivity index (χ0v) is 66.0. The summed E-state index contributed by atoms with van der Waals surface area (Å²) in [5.41, 5.74) is 3.32. The molecule has 0 saturated heterocycles. The average Bonchev–Trinajstić information content (AvgIpc) is 0.927. The van der Waals surface area contributed by atoms with Crippen LogP contribution in [0.5, 0.6) is 69.0 Å². The Morgan fingerprint density at radius 2 is 0.317 bits per heavy atom. The third-order valence-corrected chi connectivity index (χ3v) is 8.98. The van der Waals surface area contributed by atoms with Gasteiger partial charge < -0.3 is 89.7 Å². The Kier molecular flexibility index (Phi) is 116. The SMILES string of the molecule is CN=Cc1cccc(OC)c1[O-].CN=Cc1cccc(OC)c1[O-].CN=Cc1cccc(OC)c1[O-].CN=Cc1cccc(OC)c1[O-].CN=Cc1cccc(OC)c1[O-].CN=Cc1cccc(OC)c1[O-].C[O-].C[O-].C[O-].C[O-].C[O-].C[O-].[Co+2].[Co+2].[Co+2].[Co+2].[Co+2].[Co+2].[Co+2].[O-][Cl+3]([O-])([O-])[O-].[O-][Cl+3]([O-])([O-])[O-]. The number of ether oxygens (including phenoxy) is 6. The van der Waals surface area contributed by atoms with E-state index in [9.17, 15) is 30.6 Å². The van der Waals surface area contributed by atoms with Crippen LogP contribution >= 0.6 is 0 Å². The Hall–Kier alpha value is -5.49. The van der Waals surface area contributed by atoms with Crippen LogP contribution in [0.25, 0.3) is 0 Å². The molecule has 6 aromatic carbocycles. The van der Waals surface area contributed by atoms with Crippen LogP contribution in [0.1, 0.15) is 33.4 Å². The average molecular weight is 1780 g/mol. The normalized spacial score (nSPS) is 9.03. The Bertz CT molecular complexity index is 2500. The van der Waals surface area contributed by atoms with E-state index in [0.717, 1.165) is 42.7 Å². The summed E-state index contributed by atoms with van der Waals surface area (Å²) in [6.45, 7) is 0. The van der Waals surface area contributed by atoms with Gasteiger partial charge >= 0.3 is 117 Å². The first kappa shape index (κ1) is 132. The van der Waals surface area contributed by atoms with Crippen molar-refractivity contribution in [1.82, 2.24) is 0 Å². The smallest absolute Gasteiger partial charge is 0.870 e. The van der Waals surface area contributed by atoms with Crippen molar-refractivity contribution in [3.63, 3.8) is 0 Å². The Balaban J connectivity index is -0.0000000630. The summed E-state index contributed by atoms with van der Waals surface area (Å²) in [6.07, 6.45) is 9.11. The topological polar surface area (TPSA) is 591 Å². The molecule has 0 aliphatic heterocycles. The van der Waals surface area contributed by atoms with Gasteiger partial charge in [-0.2, -0.15) is 42.7 Å². The fourth-order valence-electron chi connectivity index (χ4n) is 5.61. The van der Waals surface area contributed by atoms with Crippen LogP contribution in [0.15, 0.2) is 139 Å². The molecule has 6 rings (SSSR count). The number of halogens is 2. The summed E-state index contributed by atoms with van der Waals surface area (Å²) >= 11 is 0. The van der Waals surface area contributed by atoms with E-state index < -0.39 is 20.5 Å². The number of nitrogens with zero attached hydrogens (tertiary/aromatic N) is 6. The Labute approximate surface area is 666 Å². The summed E-state index contributed by atoms with van der Waals surface area (Å²) in [7, 11) is 13.2. The number of para-hydroxylation sites is 6. The standard InChI is InChI=1S/6C9H11NO2.6CH3O.2ClHO4.7Co/c6*1-10-6-7-4-3-5-8(12-2)9(7)11;6*1-2;2*2-1(3,4)5;;;;;;;/h6*3-6,11H,1-2H3;6*1H3;2*(H,2,3,4,5);;;;;;;/q;;;;;;6*-1;;;7*+2/p-8. The van der Waals surface area contributed by atoms with E-state index in [0.29, 0.717) is 67.9 Å². The number of benzene rings is 6. The monoisotopic (exact) mass is 1780 g/mol. The summed E-state index contributed by atoms with van der Waals surface area (Å²) in [5.74, 6) is 1.41. The van der Waals surface area contributed by atoms with Crippen molar-refractivity contribution in [2.45, 2.75) is 0 Å². The van der Waals surface area contributed by atoms with Crippen molar-refractivity contribution < 1.29 is 265 Å². The van der Waals surface area contributed by atoms with E-state index >= 15 is 0 Å². The molecule has 0 aliphatic carbocycles. The molecule has 41 heteroatoms. The van der Waals surface area contributed by atoms with E-state index in [1.807, 2.05) is 0 Å². The molecular weight excluding hydrogens is 1700 g/mol. The molecule has 0 saturated carbocycles. The molecule has 0 amide bonds. The number of methoxy groups -OCH3 is 6. The first-order chi connectivity index (χ1) is 44.7. The first-order valence-electron chi connectivity index (χ1n) is 25.0. The van der Waals surface area contributed by atoms with Crippen LogP contribution in [0.3, 0.4) is 0 Å². The predicted octanol–water partition coefficient (Wildman–Crippen LogP) is -10.8. The van der Waals surface area contributed by atoms with E-state index in [1.54, 1.807) is 151 Å². The van der Waals surface area contributed by atoms with Gasteiger partial charge in [-0.25, -0.2) is 37.3 Å². The second kappa shape index (κ2) is 88.7. The molecule has 7 radical (unpaired) electrons. The van der Waals surface area contributed by atoms with Gasteiger partial charge in [-0.15, -0.1) is 20.5 Å². The Morgan fingerprint density at radius 1 is 0.228 bits per heavy atom. The maximum absolute atomic E-state index is 11.4. The van der Waals surface area contributed by atoms with Crippen LogP contribution in [-0.2, 0) is 117 Å². The number of rotatable bonds is 12. The van der Waals surface area contributed by atoms with Gasteiger partial charge in [0.15, 0.2) is 0 Å². The van der Waals surface area contributed by atoms with Crippen LogP contribution in [0.4, 0.5) is 0 Å². The summed E-state index contributed by atoms with van der Waals surface area (Å²) in [5, 5.41) is 118. The van der Waals surface area contributed by atoms with Crippen molar-refractivity contribution in [2.75, 3.05) is 128 Å². The quantitative estimate of drug-likeness (QED) is 0.103. The largest absolute Gasteiger partial charge is 2.00 e. The summed E-state index contributed by atoms with van der Waals surface area (Å²) in [4.78, 5) is 22.6. The second-order valence-electron chi connectivity index (χ2n) is 14.4. The number of aliphatic imine (C=N–C) groups is 6. The fourth-order valence-corrected chi connectivity index (χ4v) is 5.61. The molecule has 0 atom stereocenters. The third-order valence-electron chi connectivity index (χ3n) is 8.98. The maximum atomic E-state index is 11.4. The first-order valence-corrected chi connectivity index (χ1v) is 27.5. The van der Waals surface area contributed by atoms with Crippen molar-refractivity contribution in [1.29, 1.82) is 0 Å². The molecule has 0 N–H and O–H groups in total. The molecular formula is C60H78Cl2Co7N6O26. The molecule has 0 heterocycles. The van der Waals surface area contributed by atoms with Crippen LogP contribution in [-0.4, -0.2) is 165 Å². The maximum Gasteiger partial charge on any atom is 2.00 e. The van der Waals surface area contributed by atoms with Gasteiger partial charge in [-0.05, 0) is 69.8 Å². The molecule has 581 valence electrons. The van der Waals surface area contributed by atoms with E-state index in [-0.39, 0.29) is 152 Å². The van der Waals surface area contributed by atoms with Gasteiger partial charge in [0.2, 0.25) is 0 Å². The van der Waals surface area contributed by atoms with Gasteiger partial charge in [0.25, 0.3) is 0 Å². The molecule has 0 aromatic heterocycles. The number of hydrogen-bond donors (Lipinski definition) is 0. The summed E-state index contributed by atoms with van der Waals surface area (Å²) < 4.78 is 97.1.